The van der Waals surface area contributed by atoms with Crippen LogP contribution in [0.15, 0.2) is 0 Å². The first-order valence-electron chi connectivity index (χ1n) is 17.5. The Morgan fingerprint density at radius 2 is 1.00 bits per heavy atom. The number of nitrogens with two attached hydrogens (primary N) is 1. The molecule has 1 aliphatic rings. The Morgan fingerprint density at radius 1 is 0.619 bits per heavy atom. The predicted molar refractivity (Wildman–Crippen MR) is 168 cm³/mol. The lowest BCUT2D eigenvalue weighted by Gasteiger charge is -2.40. The third kappa shape index (κ3) is 19.1. The fraction of sp³-hybridized carbons (Fsp3) is 0.941. The molecule has 1 fully saturated rings. The lowest BCUT2D eigenvalue weighted by atomic mass is 9.97. The van der Waals surface area contributed by atoms with E-state index in [0.29, 0.717) is 12.8 Å². The van der Waals surface area contributed by atoms with E-state index in [0.717, 1.165) is 32.1 Å². The number of aliphatic hydroxyl groups is 2. The molecule has 42 heavy (non-hydrogen) atoms. The molecule has 8 heteroatoms. The Kier molecular flexibility index (Phi) is 24.2. The highest BCUT2D eigenvalue weighted by Crippen LogP contribution is 2.23. The average Bonchev–Trinajstić information content (AvgIpc) is 2.98. The van der Waals surface area contributed by atoms with Gasteiger partial charge in [-0.1, -0.05) is 142 Å². The van der Waals surface area contributed by atoms with Gasteiger partial charge >= 0.3 is 11.9 Å². The standard InChI is InChI=1S/C34H65NO7/c1-3-5-7-9-11-13-15-17-19-21-23-25-29(36)40-27-28-32(38)33(31(35)34(39)41-28)42-30(37)26-24-22-20-18-16-14-12-10-8-6-4-2/h28,31-34,38-39H,3-27,35H2,1-2H3/t28-,31-,32-,33-,34?/m1/s1. The van der Waals surface area contributed by atoms with E-state index in [2.05, 4.69) is 13.8 Å². The number of aliphatic hydroxyl groups excluding tert-OH is 2. The van der Waals surface area contributed by atoms with E-state index in [1.54, 1.807) is 0 Å². The Labute approximate surface area is 256 Å². The minimum Gasteiger partial charge on any atom is -0.463 e. The van der Waals surface area contributed by atoms with Gasteiger partial charge in [-0.2, -0.15) is 0 Å². The molecule has 0 bridgehead atoms. The summed E-state index contributed by atoms with van der Waals surface area (Å²) >= 11 is 0. The molecule has 1 heterocycles. The largest absolute Gasteiger partial charge is 0.463 e. The zero-order valence-electron chi connectivity index (χ0n) is 27.1. The highest BCUT2D eigenvalue weighted by atomic mass is 16.6. The molecule has 1 saturated heterocycles. The van der Waals surface area contributed by atoms with Crippen LogP contribution in [0.2, 0.25) is 0 Å². The predicted octanol–water partition coefficient (Wildman–Crippen LogP) is 7.25. The molecule has 0 aliphatic carbocycles. The van der Waals surface area contributed by atoms with Crippen molar-refractivity contribution in [3.63, 3.8) is 0 Å². The summed E-state index contributed by atoms with van der Waals surface area (Å²) in [5.41, 5.74) is 5.97. The molecular formula is C34H65NO7. The van der Waals surface area contributed by atoms with E-state index >= 15 is 0 Å². The van der Waals surface area contributed by atoms with Crippen molar-refractivity contribution in [3.05, 3.63) is 0 Å². The third-order valence-electron chi connectivity index (χ3n) is 8.39. The second-order valence-electron chi connectivity index (χ2n) is 12.3. The van der Waals surface area contributed by atoms with Crippen molar-refractivity contribution in [1.82, 2.24) is 0 Å². The molecule has 1 rings (SSSR count). The normalized spacial score (nSPS) is 22.3. The van der Waals surface area contributed by atoms with E-state index in [9.17, 15) is 19.8 Å². The topological polar surface area (TPSA) is 128 Å². The van der Waals surface area contributed by atoms with Gasteiger partial charge < -0.3 is 30.2 Å². The molecule has 0 amide bonds. The van der Waals surface area contributed by atoms with Crippen molar-refractivity contribution in [3.8, 4) is 0 Å². The van der Waals surface area contributed by atoms with E-state index in [1.807, 2.05) is 0 Å². The molecular weight excluding hydrogens is 534 g/mol. The molecule has 0 spiro atoms. The summed E-state index contributed by atoms with van der Waals surface area (Å²) in [6.07, 6.45) is 22.0. The monoisotopic (exact) mass is 599 g/mol. The quantitative estimate of drug-likeness (QED) is 0.0665. The summed E-state index contributed by atoms with van der Waals surface area (Å²) in [7, 11) is 0. The summed E-state index contributed by atoms with van der Waals surface area (Å²) in [5.74, 6) is -0.817. The minimum absolute atomic E-state index is 0.228. The first kappa shape index (κ1) is 38.8. The molecule has 1 unspecified atom stereocenters. The Balaban J connectivity index is 2.17. The van der Waals surface area contributed by atoms with Gasteiger partial charge in [0.25, 0.3) is 0 Å². The Bertz CT molecular complexity index is 662. The molecule has 5 atom stereocenters. The van der Waals surface area contributed by atoms with Crippen molar-refractivity contribution < 1.29 is 34.0 Å². The van der Waals surface area contributed by atoms with E-state index in [4.69, 9.17) is 19.9 Å². The van der Waals surface area contributed by atoms with Crippen LogP contribution in [0.1, 0.15) is 168 Å². The van der Waals surface area contributed by atoms with Gasteiger partial charge in [0, 0.05) is 12.8 Å². The maximum atomic E-state index is 12.4. The van der Waals surface area contributed by atoms with E-state index in [-0.39, 0.29) is 19.0 Å². The highest BCUT2D eigenvalue weighted by molar-refractivity contribution is 5.70. The number of unbranched alkanes of at least 4 members (excludes halogenated alkanes) is 20. The van der Waals surface area contributed by atoms with Crippen LogP contribution in [0.3, 0.4) is 0 Å². The van der Waals surface area contributed by atoms with Crippen LogP contribution in [-0.2, 0) is 23.8 Å². The van der Waals surface area contributed by atoms with Gasteiger partial charge in [-0.15, -0.1) is 0 Å². The van der Waals surface area contributed by atoms with Crippen LogP contribution in [0.4, 0.5) is 0 Å². The number of carbonyl (C=O) groups is 2. The van der Waals surface area contributed by atoms with Gasteiger partial charge in [0.15, 0.2) is 12.4 Å². The van der Waals surface area contributed by atoms with E-state index < -0.39 is 36.6 Å². The molecule has 8 nitrogen and oxygen atoms in total. The number of hydrogen-bond donors (Lipinski definition) is 3. The van der Waals surface area contributed by atoms with Gasteiger partial charge in [0.1, 0.15) is 18.8 Å². The van der Waals surface area contributed by atoms with Crippen LogP contribution in [-0.4, -0.2) is 59.4 Å². The summed E-state index contributed by atoms with van der Waals surface area (Å²) in [6, 6.07) is -1.08. The fourth-order valence-electron chi connectivity index (χ4n) is 5.56. The molecule has 4 N–H and O–H groups in total. The molecule has 1 aliphatic heterocycles. The maximum absolute atomic E-state index is 12.4. The molecule has 0 radical (unpaired) electrons. The van der Waals surface area contributed by atoms with Crippen molar-refractivity contribution in [2.45, 2.75) is 199 Å². The molecule has 248 valence electrons. The number of carbonyl (C=O) groups excluding carboxylic acids is 2. The second kappa shape index (κ2) is 26.2. The van der Waals surface area contributed by atoms with Crippen molar-refractivity contribution in [1.29, 1.82) is 0 Å². The van der Waals surface area contributed by atoms with Crippen LogP contribution >= 0.6 is 0 Å². The molecule has 0 saturated carbocycles. The SMILES string of the molecule is CCCCCCCCCCCCCC(=O)OC[C@H]1OC(O)[C@H](N)[C@@H](OC(=O)CCCCCCCCCCCCC)[C@@H]1O. The van der Waals surface area contributed by atoms with Crippen LogP contribution in [0, 0.1) is 0 Å². The second-order valence-corrected chi connectivity index (χ2v) is 12.3. The lowest BCUT2D eigenvalue weighted by Crippen LogP contribution is -2.63. The van der Waals surface area contributed by atoms with Crippen LogP contribution < -0.4 is 5.73 Å². The zero-order valence-corrected chi connectivity index (χ0v) is 27.1. The summed E-state index contributed by atoms with van der Waals surface area (Å²) in [6.45, 7) is 4.24. The van der Waals surface area contributed by atoms with Crippen molar-refractivity contribution in [2.75, 3.05) is 6.61 Å². The zero-order chi connectivity index (χ0) is 30.8. The smallest absolute Gasteiger partial charge is 0.306 e. The van der Waals surface area contributed by atoms with Crippen molar-refractivity contribution >= 4 is 11.9 Å². The third-order valence-corrected chi connectivity index (χ3v) is 8.39. The number of esters is 2. The summed E-state index contributed by atoms with van der Waals surface area (Å²) in [4.78, 5) is 24.6. The van der Waals surface area contributed by atoms with Crippen LogP contribution in [0.5, 0.6) is 0 Å². The van der Waals surface area contributed by atoms with Gasteiger partial charge in [-0.25, -0.2) is 0 Å². The summed E-state index contributed by atoms with van der Waals surface area (Å²) < 4.78 is 16.1. The molecule has 0 aromatic heterocycles. The first-order chi connectivity index (χ1) is 20.4. The number of hydrogen-bond acceptors (Lipinski definition) is 8. The maximum Gasteiger partial charge on any atom is 0.306 e. The Hall–Kier alpha value is -1.22. The van der Waals surface area contributed by atoms with E-state index in [1.165, 1.54) is 103 Å². The molecule has 0 aromatic rings. The average molecular weight is 600 g/mol. The fourth-order valence-corrected chi connectivity index (χ4v) is 5.56. The number of ether oxygens (including phenoxy) is 3. The number of rotatable bonds is 27. The minimum atomic E-state index is -1.43. The Morgan fingerprint density at radius 3 is 1.43 bits per heavy atom. The summed E-state index contributed by atoms with van der Waals surface area (Å²) in [5, 5.41) is 20.9. The molecule has 0 aromatic carbocycles. The van der Waals surface area contributed by atoms with Crippen molar-refractivity contribution in [2.24, 2.45) is 5.73 Å². The highest BCUT2D eigenvalue weighted by Gasteiger charge is 2.45. The van der Waals surface area contributed by atoms with Crippen LogP contribution in [0.25, 0.3) is 0 Å². The van der Waals surface area contributed by atoms with Gasteiger partial charge in [0.2, 0.25) is 0 Å². The van der Waals surface area contributed by atoms with Gasteiger partial charge in [-0.3, -0.25) is 9.59 Å². The first-order valence-corrected chi connectivity index (χ1v) is 17.5. The van der Waals surface area contributed by atoms with Gasteiger partial charge in [0.05, 0.1) is 6.04 Å². The van der Waals surface area contributed by atoms with Gasteiger partial charge in [-0.05, 0) is 12.8 Å². The lowest BCUT2D eigenvalue weighted by molar-refractivity contribution is -0.256.